The first-order chi connectivity index (χ1) is 7.16. The molecular formula is C11H11ClO2S. The number of thioether (sulfide) groups is 1. The lowest BCUT2D eigenvalue weighted by molar-refractivity contribution is 0.0697. The molecule has 0 amide bonds. The molecule has 0 radical (unpaired) electrons. The van der Waals surface area contributed by atoms with Crippen LogP contribution in [0.25, 0.3) is 0 Å². The lowest BCUT2D eigenvalue weighted by Crippen LogP contribution is -1.97. The Bertz CT molecular complexity index is 388. The van der Waals surface area contributed by atoms with Crippen molar-refractivity contribution in [3.63, 3.8) is 0 Å². The zero-order valence-corrected chi connectivity index (χ0v) is 9.64. The Hall–Kier alpha value is -0.670. The number of rotatable bonds is 4. The van der Waals surface area contributed by atoms with Crippen LogP contribution in [0.4, 0.5) is 0 Å². The van der Waals surface area contributed by atoms with E-state index in [2.05, 4.69) is 0 Å². The van der Waals surface area contributed by atoms with E-state index in [1.54, 1.807) is 23.9 Å². The number of aromatic carboxylic acids is 1. The summed E-state index contributed by atoms with van der Waals surface area (Å²) < 4.78 is 0. The van der Waals surface area contributed by atoms with Gasteiger partial charge < -0.3 is 5.11 Å². The molecule has 0 spiro atoms. The van der Waals surface area contributed by atoms with Crippen molar-refractivity contribution >= 4 is 29.3 Å². The molecule has 1 aromatic carbocycles. The zero-order valence-electron chi connectivity index (χ0n) is 8.07. The normalized spacial score (nSPS) is 15.3. The van der Waals surface area contributed by atoms with Crippen LogP contribution in [0.2, 0.25) is 5.02 Å². The molecule has 0 aliphatic heterocycles. The van der Waals surface area contributed by atoms with Crippen LogP contribution in [0, 0.1) is 5.92 Å². The number of hydrogen-bond donors (Lipinski definition) is 1. The van der Waals surface area contributed by atoms with Gasteiger partial charge in [-0.25, -0.2) is 4.79 Å². The van der Waals surface area contributed by atoms with Crippen molar-refractivity contribution in [1.82, 2.24) is 0 Å². The molecule has 4 heteroatoms. The Morgan fingerprint density at radius 3 is 2.87 bits per heavy atom. The van der Waals surface area contributed by atoms with E-state index in [9.17, 15) is 4.79 Å². The zero-order chi connectivity index (χ0) is 10.8. The van der Waals surface area contributed by atoms with E-state index >= 15 is 0 Å². The van der Waals surface area contributed by atoms with Crippen molar-refractivity contribution in [3.05, 3.63) is 28.8 Å². The summed E-state index contributed by atoms with van der Waals surface area (Å²) in [5, 5.41) is 9.19. The van der Waals surface area contributed by atoms with Crippen LogP contribution in [0.5, 0.6) is 0 Å². The smallest absolute Gasteiger partial charge is 0.337 e. The second-order valence-electron chi connectivity index (χ2n) is 3.70. The van der Waals surface area contributed by atoms with Gasteiger partial charge in [-0.1, -0.05) is 11.6 Å². The van der Waals surface area contributed by atoms with Gasteiger partial charge in [0.15, 0.2) is 0 Å². The average Bonchev–Trinajstić information content (AvgIpc) is 3.00. The summed E-state index contributed by atoms with van der Waals surface area (Å²) >= 11 is 7.49. The molecule has 0 saturated heterocycles. The number of carboxylic acids is 1. The standard InChI is InChI=1S/C11H11ClO2S/c12-10-4-3-8(5-9(10)11(13)14)15-6-7-1-2-7/h3-5,7H,1-2,6H2,(H,13,14). The third kappa shape index (κ3) is 2.89. The summed E-state index contributed by atoms with van der Waals surface area (Å²) in [6.07, 6.45) is 2.62. The SMILES string of the molecule is O=C(O)c1cc(SCC2CC2)ccc1Cl. The number of benzene rings is 1. The molecule has 2 rings (SSSR count). The van der Waals surface area contributed by atoms with Crippen molar-refractivity contribution in [2.24, 2.45) is 5.92 Å². The van der Waals surface area contributed by atoms with E-state index in [0.717, 1.165) is 16.6 Å². The number of carbonyl (C=O) groups is 1. The van der Waals surface area contributed by atoms with Gasteiger partial charge in [0.1, 0.15) is 0 Å². The first-order valence-corrected chi connectivity index (χ1v) is 6.19. The largest absolute Gasteiger partial charge is 0.478 e. The Kier molecular flexibility index (Phi) is 3.22. The molecular weight excluding hydrogens is 232 g/mol. The third-order valence-corrected chi connectivity index (χ3v) is 3.91. The summed E-state index contributed by atoms with van der Waals surface area (Å²) in [4.78, 5) is 11.8. The predicted octanol–water partition coefficient (Wildman–Crippen LogP) is 3.54. The molecule has 15 heavy (non-hydrogen) atoms. The fourth-order valence-electron chi connectivity index (χ4n) is 1.26. The average molecular weight is 243 g/mol. The molecule has 0 aromatic heterocycles. The topological polar surface area (TPSA) is 37.3 Å². The molecule has 1 aliphatic carbocycles. The summed E-state index contributed by atoms with van der Waals surface area (Å²) in [6.45, 7) is 0. The molecule has 1 saturated carbocycles. The van der Waals surface area contributed by atoms with Gasteiger partial charge in [-0.05, 0) is 37.0 Å². The monoisotopic (exact) mass is 242 g/mol. The van der Waals surface area contributed by atoms with Crippen LogP contribution >= 0.6 is 23.4 Å². The second kappa shape index (κ2) is 4.45. The van der Waals surface area contributed by atoms with Gasteiger partial charge in [0, 0.05) is 10.6 Å². The van der Waals surface area contributed by atoms with Crippen LogP contribution in [0.15, 0.2) is 23.1 Å². The minimum Gasteiger partial charge on any atom is -0.478 e. The molecule has 80 valence electrons. The predicted molar refractivity (Wildman–Crippen MR) is 61.9 cm³/mol. The van der Waals surface area contributed by atoms with Gasteiger partial charge in [0.25, 0.3) is 0 Å². The minimum absolute atomic E-state index is 0.192. The van der Waals surface area contributed by atoms with Crippen LogP contribution < -0.4 is 0 Å². The van der Waals surface area contributed by atoms with Gasteiger partial charge in [0.2, 0.25) is 0 Å². The maximum Gasteiger partial charge on any atom is 0.337 e. The number of hydrogen-bond acceptors (Lipinski definition) is 2. The Morgan fingerprint density at radius 1 is 1.53 bits per heavy atom. The van der Waals surface area contributed by atoms with Gasteiger partial charge in [-0.2, -0.15) is 0 Å². The van der Waals surface area contributed by atoms with E-state index in [1.807, 2.05) is 6.07 Å². The van der Waals surface area contributed by atoms with Crippen LogP contribution in [0.3, 0.4) is 0 Å². The van der Waals surface area contributed by atoms with Crippen LogP contribution in [0.1, 0.15) is 23.2 Å². The highest BCUT2D eigenvalue weighted by atomic mass is 35.5. The van der Waals surface area contributed by atoms with Gasteiger partial charge >= 0.3 is 5.97 Å². The Labute approximate surface area is 97.6 Å². The molecule has 2 nitrogen and oxygen atoms in total. The summed E-state index contributed by atoms with van der Waals surface area (Å²) in [5.41, 5.74) is 0.192. The number of halogens is 1. The van der Waals surface area contributed by atoms with Crippen LogP contribution in [-0.2, 0) is 0 Å². The summed E-state index contributed by atoms with van der Waals surface area (Å²) in [6, 6.07) is 5.18. The second-order valence-corrected chi connectivity index (χ2v) is 5.20. The highest BCUT2D eigenvalue weighted by Gasteiger charge is 2.21. The maximum atomic E-state index is 10.8. The van der Waals surface area contributed by atoms with Gasteiger partial charge in [0.05, 0.1) is 10.6 Å². The summed E-state index contributed by atoms with van der Waals surface area (Å²) in [5.74, 6) is 0.952. The lowest BCUT2D eigenvalue weighted by Gasteiger charge is -2.03. The first-order valence-electron chi connectivity index (χ1n) is 4.82. The Morgan fingerprint density at radius 2 is 2.27 bits per heavy atom. The molecule has 1 aromatic rings. The van der Waals surface area contributed by atoms with Crippen molar-refractivity contribution in [2.45, 2.75) is 17.7 Å². The van der Waals surface area contributed by atoms with E-state index in [1.165, 1.54) is 12.8 Å². The van der Waals surface area contributed by atoms with Gasteiger partial charge in [-0.3, -0.25) is 0 Å². The van der Waals surface area contributed by atoms with E-state index < -0.39 is 5.97 Å². The fourth-order valence-corrected chi connectivity index (χ4v) is 2.58. The highest BCUT2D eigenvalue weighted by Crippen LogP contribution is 2.35. The molecule has 1 aliphatic rings. The minimum atomic E-state index is -0.964. The maximum absolute atomic E-state index is 10.8. The quantitative estimate of drug-likeness (QED) is 0.821. The van der Waals surface area contributed by atoms with E-state index in [-0.39, 0.29) is 5.56 Å². The van der Waals surface area contributed by atoms with Crippen molar-refractivity contribution in [3.8, 4) is 0 Å². The first kappa shape index (κ1) is 10.8. The van der Waals surface area contributed by atoms with E-state index in [4.69, 9.17) is 16.7 Å². The van der Waals surface area contributed by atoms with E-state index in [0.29, 0.717) is 5.02 Å². The van der Waals surface area contributed by atoms with Crippen molar-refractivity contribution < 1.29 is 9.90 Å². The summed E-state index contributed by atoms with van der Waals surface area (Å²) in [7, 11) is 0. The molecule has 0 heterocycles. The molecule has 0 unspecified atom stereocenters. The molecule has 1 N–H and O–H groups in total. The fraction of sp³-hybridized carbons (Fsp3) is 0.364. The van der Waals surface area contributed by atoms with Gasteiger partial charge in [-0.15, -0.1) is 11.8 Å². The molecule has 1 fully saturated rings. The van der Waals surface area contributed by atoms with Crippen molar-refractivity contribution in [1.29, 1.82) is 0 Å². The van der Waals surface area contributed by atoms with Crippen molar-refractivity contribution in [2.75, 3.05) is 5.75 Å². The Balaban J connectivity index is 2.10. The highest BCUT2D eigenvalue weighted by molar-refractivity contribution is 7.99. The lowest BCUT2D eigenvalue weighted by atomic mass is 10.2. The number of carboxylic acid groups (broad SMARTS) is 1. The molecule has 0 bridgehead atoms. The third-order valence-electron chi connectivity index (χ3n) is 2.35. The molecule has 0 atom stereocenters. The van der Waals surface area contributed by atoms with Crippen LogP contribution in [-0.4, -0.2) is 16.8 Å².